The van der Waals surface area contributed by atoms with Gasteiger partial charge >= 0.3 is 12.3 Å². The molecule has 1 heterocycles. The molecule has 0 spiro atoms. The van der Waals surface area contributed by atoms with Gasteiger partial charge in [0.05, 0.1) is 0 Å². The number of carbonyl (C=O) groups is 1. The van der Waals surface area contributed by atoms with Gasteiger partial charge in [0.15, 0.2) is 5.69 Å². The maximum atomic E-state index is 12.0. The molecule has 1 aromatic rings. The second-order valence-electron chi connectivity index (χ2n) is 2.92. The Kier molecular flexibility index (Phi) is 3.42. The number of halogens is 3. The van der Waals surface area contributed by atoms with Crippen molar-refractivity contribution in [1.29, 1.82) is 0 Å². The number of hydrogen-bond acceptors (Lipinski definition) is 4. The summed E-state index contributed by atoms with van der Waals surface area (Å²) in [5.41, 5.74) is 2.93. The average Bonchev–Trinajstić information content (AvgIpc) is 2.18. The Hall–Kier alpha value is -2.03. The molecule has 94 valence electrons. The van der Waals surface area contributed by atoms with E-state index in [1.54, 1.807) is 0 Å². The van der Waals surface area contributed by atoms with Gasteiger partial charge in [0, 0.05) is 18.3 Å². The number of hydrogen-bond donors (Lipinski definition) is 3. The Labute approximate surface area is 91.8 Å². The van der Waals surface area contributed by atoms with Crippen LogP contribution in [0, 0.1) is 0 Å². The van der Waals surface area contributed by atoms with E-state index in [1.165, 1.54) is 0 Å². The summed E-state index contributed by atoms with van der Waals surface area (Å²) < 4.78 is 39.2. The van der Waals surface area contributed by atoms with Crippen LogP contribution in [0.25, 0.3) is 0 Å². The summed E-state index contributed by atoms with van der Waals surface area (Å²) in [7, 11) is 0. The van der Waals surface area contributed by atoms with Crippen LogP contribution in [0.4, 0.5) is 13.2 Å². The monoisotopic (exact) mass is 252 g/mol. The minimum absolute atomic E-state index is 0.0121. The van der Waals surface area contributed by atoms with E-state index >= 15 is 0 Å². The predicted molar refractivity (Wildman–Crippen MR) is 48.6 cm³/mol. The molecule has 6 nitrogen and oxygen atoms in total. The van der Waals surface area contributed by atoms with Crippen molar-refractivity contribution in [2.75, 3.05) is 0 Å². The summed E-state index contributed by atoms with van der Waals surface area (Å²) in [5.74, 6) is -3.07. The molecule has 0 aliphatic carbocycles. The first kappa shape index (κ1) is 13.0. The number of aromatic nitrogens is 1. The number of aromatic carboxylic acids is 1. The average molecular weight is 252 g/mol. The maximum Gasteiger partial charge on any atom is 0.573 e. The Morgan fingerprint density at radius 2 is 2.12 bits per heavy atom. The van der Waals surface area contributed by atoms with Gasteiger partial charge in [0.1, 0.15) is 0 Å². The number of rotatable bonds is 3. The molecule has 0 aromatic carbocycles. The first-order valence-corrected chi connectivity index (χ1v) is 4.20. The quantitative estimate of drug-likeness (QED) is 0.723. The van der Waals surface area contributed by atoms with Crippen LogP contribution in [0.3, 0.4) is 0 Å². The first-order chi connectivity index (χ1) is 7.74. The van der Waals surface area contributed by atoms with Crippen molar-refractivity contribution >= 4 is 5.97 Å². The van der Waals surface area contributed by atoms with Crippen LogP contribution >= 0.6 is 0 Å². The lowest BCUT2D eigenvalue weighted by Gasteiger charge is -2.11. The van der Waals surface area contributed by atoms with Gasteiger partial charge in [-0.05, 0) is 0 Å². The van der Waals surface area contributed by atoms with Gasteiger partial charge in [-0.3, -0.25) is 4.79 Å². The van der Waals surface area contributed by atoms with E-state index in [4.69, 9.17) is 10.8 Å². The van der Waals surface area contributed by atoms with Crippen molar-refractivity contribution in [3.8, 4) is 5.75 Å². The van der Waals surface area contributed by atoms with Gasteiger partial charge in [0.2, 0.25) is 11.2 Å². The lowest BCUT2D eigenvalue weighted by Crippen LogP contribution is -2.25. The molecular formula is C8H7F3N2O4. The standard InChI is InChI=1S/C8H7F3N2O4/c9-8(10,11)17-6-4(14)1-3(2-12)13-5(6)7(15)16/h1H,2,12H2,(H,13,14)(H,15,16). The normalized spacial score (nSPS) is 11.3. The number of carboxylic acid groups (broad SMARTS) is 1. The highest BCUT2D eigenvalue weighted by Crippen LogP contribution is 2.22. The van der Waals surface area contributed by atoms with Crippen LogP contribution in [-0.4, -0.2) is 22.4 Å². The molecule has 0 saturated heterocycles. The third kappa shape index (κ3) is 3.21. The number of aromatic amines is 1. The number of H-pyrrole nitrogens is 1. The summed E-state index contributed by atoms with van der Waals surface area (Å²) in [6.07, 6.45) is -5.15. The van der Waals surface area contributed by atoms with E-state index in [2.05, 4.69) is 9.72 Å². The summed E-state index contributed by atoms with van der Waals surface area (Å²) in [4.78, 5) is 24.0. The minimum Gasteiger partial charge on any atom is -0.476 e. The SMILES string of the molecule is NCc1cc(=O)c(OC(F)(F)F)c(C(=O)O)[nH]1. The third-order valence-electron chi connectivity index (χ3n) is 1.69. The van der Waals surface area contributed by atoms with Crippen LogP contribution in [0.2, 0.25) is 0 Å². The number of nitrogens with two attached hydrogens (primary N) is 1. The Morgan fingerprint density at radius 1 is 1.53 bits per heavy atom. The molecule has 0 unspecified atom stereocenters. The largest absolute Gasteiger partial charge is 0.573 e. The molecule has 0 amide bonds. The second-order valence-corrected chi connectivity index (χ2v) is 2.92. The van der Waals surface area contributed by atoms with Gasteiger partial charge < -0.3 is 20.6 Å². The molecule has 4 N–H and O–H groups in total. The minimum atomic E-state index is -5.15. The number of nitrogens with one attached hydrogen (secondary N) is 1. The highest BCUT2D eigenvalue weighted by atomic mass is 19.4. The van der Waals surface area contributed by atoms with Gasteiger partial charge in [-0.25, -0.2) is 4.79 Å². The van der Waals surface area contributed by atoms with Crippen LogP contribution in [0.15, 0.2) is 10.9 Å². The Morgan fingerprint density at radius 3 is 2.53 bits per heavy atom. The van der Waals surface area contributed by atoms with E-state index < -0.39 is 29.2 Å². The van der Waals surface area contributed by atoms with Crippen molar-refractivity contribution in [3.05, 3.63) is 27.7 Å². The van der Waals surface area contributed by atoms with Crippen molar-refractivity contribution in [2.45, 2.75) is 12.9 Å². The molecule has 17 heavy (non-hydrogen) atoms. The molecular weight excluding hydrogens is 245 g/mol. The Balaban J connectivity index is 3.37. The molecule has 0 aliphatic rings. The molecule has 0 fully saturated rings. The highest BCUT2D eigenvalue weighted by molar-refractivity contribution is 5.88. The fourth-order valence-electron chi connectivity index (χ4n) is 1.08. The zero-order valence-corrected chi connectivity index (χ0v) is 8.17. The molecule has 0 aliphatic heterocycles. The van der Waals surface area contributed by atoms with Gasteiger partial charge in [-0.2, -0.15) is 0 Å². The number of alkyl halides is 3. The lowest BCUT2D eigenvalue weighted by atomic mass is 10.2. The zero-order valence-electron chi connectivity index (χ0n) is 8.17. The topological polar surface area (TPSA) is 105 Å². The lowest BCUT2D eigenvalue weighted by molar-refractivity contribution is -0.275. The van der Waals surface area contributed by atoms with E-state index in [1.807, 2.05) is 0 Å². The Bertz CT molecular complexity index is 495. The summed E-state index contributed by atoms with van der Waals surface area (Å²) in [5, 5.41) is 8.65. The highest BCUT2D eigenvalue weighted by Gasteiger charge is 2.34. The van der Waals surface area contributed by atoms with Gasteiger partial charge in [-0.15, -0.1) is 13.2 Å². The summed E-state index contributed by atoms with van der Waals surface area (Å²) in [6.45, 7) is -0.220. The van der Waals surface area contributed by atoms with E-state index in [0.29, 0.717) is 0 Å². The maximum absolute atomic E-state index is 12.0. The zero-order chi connectivity index (χ0) is 13.2. The number of carboxylic acids is 1. The van der Waals surface area contributed by atoms with Crippen molar-refractivity contribution in [2.24, 2.45) is 5.73 Å². The second kappa shape index (κ2) is 4.45. The first-order valence-electron chi connectivity index (χ1n) is 4.20. The molecule has 9 heteroatoms. The van der Waals surface area contributed by atoms with Crippen molar-refractivity contribution < 1.29 is 27.8 Å². The van der Waals surface area contributed by atoms with Gasteiger partial charge in [-0.1, -0.05) is 0 Å². The van der Waals surface area contributed by atoms with Crippen molar-refractivity contribution in [3.63, 3.8) is 0 Å². The van der Waals surface area contributed by atoms with Crippen LogP contribution in [0.5, 0.6) is 5.75 Å². The smallest absolute Gasteiger partial charge is 0.476 e. The van der Waals surface area contributed by atoms with Crippen LogP contribution in [-0.2, 0) is 6.54 Å². The fourth-order valence-corrected chi connectivity index (χ4v) is 1.08. The van der Waals surface area contributed by atoms with E-state index in [0.717, 1.165) is 6.07 Å². The van der Waals surface area contributed by atoms with E-state index in [9.17, 15) is 22.8 Å². The van der Waals surface area contributed by atoms with Gasteiger partial charge in [0.25, 0.3) is 0 Å². The van der Waals surface area contributed by atoms with Crippen molar-refractivity contribution in [1.82, 2.24) is 4.98 Å². The number of pyridine rings is 1. The molecule has 0 atom stereocenters. The molecule has 1 rings (SSSR count). The van der Waals surface area contributed by atoms with E-state index in [-0.39, 0.29) is 12.2 Å². The molecule has 0 bridgehead atoms. The predicted octanol–water partition coefficient (Wildman–Crippen LogP) is 0.430. The third-order valence-corrected chi connectivity index (χ3v) is 1.69. The fraction of sp³-hybridized carbons (Fsp3) is 0.250. The van der Waals surface area contributed by atoms with Crippen LogP contribution in [0.1, 0.15) is 16.2 Å². The number of ether oxygens (including phenoxy) is 1. The molecule has 0 saturated carbocycles. The molecule has 0 radical (unpaired) electrons. The van der Waals surface area contributed by atoms with Crippen LogP contribution < -0.4 is 15.9 Å². The summed E-state index contributed by atoms with van der Waals surface area (Å²) >= 11 is 0. The summed E-state index contributed by atoms with van der Waals surface area (Å²) in [6, 6.07) is 0.744. The molecule has 1 aromatic heterocycles.